The third kappa shape index (κ3) is 3.30. The average molecular weight is 357 g/mol. The SMILES string of the molecule is CC1(C)C(c2cccnc2)=CCC1Nc1ccc(C#N)c(C(F)(F)F)c1. The Balaban J connectivity index is 1.86. The van der Waals surface area contributed by atoms with Crippen molar-refractivity contribution >= 4 is 11.3 Å². The minimum absolute atomic E-state index is 0.0632. The first-order valence-electron chi connectivity index (χ1n) is 8.22. The van der Waals surface area contributed by atoms with E-state index in [9.17, 15) is 13.2 Å². The van der Waals surface area contributed by atoms with Crippen LogP contribution in [-0.4, -0.2) is 11.0 Å². The van der Waals surface area contributed by atoms with Gasteiger partial charge >= 0.3 is 6.18 Å². The maximum Gasteiger partial charge on any atom is 0.417 e. The van der Waals surface area contributed by atoms with E-state index >= 15 is 0 Å². The Morgan fingerprint density at radius 1 is 1.27 bits per heavy atom. The monoisotopic (exact) mass is 357 g/mol. The summed E-state index contributed by atoms with van der Waals surface area (Å²) in [6.07, 6.45) is 1.73. The molecule has 6 heteroatoms. The molecule has 1 atom stereocenters. The van der Waals surface area contributed by atoms with Crippen LogP contribution < -0.4 is 5.32 Å². The summed E-state index contributed by atoms with van der Waals surface area (Å²) in [6, 6.07) is 9.12. The molecule has 1 aliphatic rings. The lowest BCUT2D eigenvalue weighted by atomic mass is 9.79. The van der Waals surface area contributed by atoms with Crippen molar-refractivity contribution in [1.29, 1.82) is 5.26 Å². The van der Waals surface area contributed by atoms with Gasteiger partial charge in [0.15, 0.2) is 0 Å². The van der Waals surface area contributed by atoms with E-state index in [1.54, 1.807) is 18.5 Å². The first kappa shape index (κ1) is 18.0. The van der Waals surface area contributed by atoms with Gasteiger partial charge in [0.2, 0.25) is 0 Å². The van der Waals surface area contributed by atoms with E-state index in [0.717, 1.165) is 17.2 Å². The molecule has 0 spiro atoms. The number of nitrogens with one attached hydrogen (secondary N) is 1. The van der Waals surface area contributed by atoms with Gasteiger partial charge in [-0.05, 0) is 41.8 Å². The number of nitriles is 1. The van der Waals surface area contributed by atoms with Crippen LogP contribution in [0.5, 0.6) is 0 Å². The molecule has 2 aromatic rings. The summed E-state index contributed by atoms with van der Waals surface area (Å²) in [5.41, 5.74) is 0.916. The maximum absolute atomic E-state index is 13.2. The smallest absolute Gasteiger partial charge is 0.381 e. The molecule has 0 aliphatic heterocycles. The second-order valence-electron chi connectivity index (χ2n) is 6.88. The first-order valence-corrected chi connectivity index (χ1v) is 8.22. The number of halogens is 3. The molecule has 134 valence electrons. The summed E-state index contributed by atoms with van der Waals surface area (Å²) in [7, 11) is 0. The molecule has 3 nitrogen and oxygen atoms in total. The van der Waals surface area contributed by atoms with Crippen molar-refractivity contribution in [2.45, 2.75) is 32.5 Å². The maximum atomic E-state index is 13.2. The van der Waals surface area contributed by atoms with Gasteiger partial charge < -0.3 is 5.32 Å². The van der Waals surface area contributed by atoms with Crippen LogP contribution in [0.15, 0.2) is 48.8 Å². The number of benzene rings is 1. The van der Waals surface area contributed by atoms with Gasteiger partial charge in [-0.3, -0.25) is 4.98 Å². The van der Waals surface area contributed by atoms with Gasteiger partial charge in [0.05, 0.1) is 17.2 Å². The lowest BCUT2D eigenvalue weighted by molar-refractivity contribution is -0.137. The fourth-order valence-corrected chi connectivity index (χ4v) is 3.40. The van der Waals surface area contributed by atoms with E-state index in [4.69, 9.17) is 5.26 Å². The molecule has 0 saturated carbocycles. The molecule has 0 radical (unpaired) electrons. The van der Waals surface area contributed by atoms with Crippen LogP contribution in [0.3, 0.4) is 0 Å². The molecule has 1 aliphatic carbocycles. The Kier molecular flexibility index (Phi) is 4.49. The van der Waals surface area contributed by atoms with E-state index in [2.05, 4.69) is 30.2 Å². The summed E-state index contributed by atoms with van der Waals surface area (Å²) in [4.78, 5) is 4.14. The zero-order valence-electron chi connectivity index (χ0n) is 14.4. The summed E-state index contributed by atoms with van der Waals surface area (Å²) in [5.74, 6) is 0. The average Bonchev–Trinajstić information content (AvgIpc) is 2.89. The van der Waals surface area contributed by atoms with Gasteiger partial charge in [-0.15, -0.1) is 0 Å². The molecular weight excluding hydrogens is 339 g/mol. The van der Waals surface area contributed by atoms with Crippen LogP contribution in [0.4, 0.5) is 18.9 Å². The van der Waals surface area contributed by atoms with Crippen LogP contribution in [0.2, 0.25) is 0 Å². The molecular formula is C20H18F3N3. The number of pyridine rings is 1. The number of anilines is 1. The van der Waals surface area contributed by atoms with Gasteiger partial charge in [0.25, 0.3) is 0 Å². The van der Waals surface area contributed by atoms with E-state index < -0.39 is 11.7 Å². The molecule has 0 bridgehead atoms. The minimum atomic E-state index is -4.56. The summed E-state index contributed by atoms with van der Waals surface area (Å²) in [5, 5.41) is 12.1. The highest BCUT2D eigenvalue weighted by atomic mass is 19.4. The Morgan fingerprint density at radius 3 is 2.65 bits per heavy atom. The van der Waals surface area contributed by atoms with Crippen molar-refractivity contribution in [3.8, 4) is 6.07 Å². The van der Waals surface area contributed by atoms with E-state index in [1.165, 1.54) is 12.1 Å². The fourth-order valence-electron chi connectivity index (χ4n) is 3.40. The molecule has 1 unspecified atom stereocenters. The minimum Gasteiger partial charge on any atom is -0.381 e. The summed E-state index contributed by atoms with van der Waals surface area (Å²) < 4.78 is 39.5. The molecule has 0 fully saturated rings. The van der Waals surface area contributed by atoms with Crippen molar-refractivity contribution in [2.75, 3.05) is 5.32 Å². The molecule has 0 saturated heterocycles. The van der Waals surface area contributed by atoms with Crippen LogP contribution >= 0.6 is 0 Å². The standard InChI is InChI=1S/C20H18F3N3/c1-19(2)16(14-4-3-9-25-12-14)7-8-18(19)26-15-6-5-13(11-24)17(10-15)20(21,22)23/h3-7,9-10,12,18,26H,8H2,1-2H3. The van der Waals surface area contributed by atoms with Crippen molar-refractivity contribution in [3.63, 3.8) is 0 Å². The van der Waals surface area contributed by atoms with Gasteiger partial charge in [-0.1, -0.05) is 26.0 Å². The molecule has 1 aromatic heterocycles. The van der Waals surface area contributed by atoms with E-state index in [-0.39, 0.29) is 17.0 Å². The molecule has 26 heavy (non-hydrogen) atoms. The van der Waals surface area contributed by atoms with Crippen molar-refractivity contribution < 1.29 is 13.2 Å². The fraction of sp³-hybridized carbons (Fsp3) is 0.300. The lowest BCUT2D eigenvalue weighted by Crippen LogP contribution is -2.33. The predicted octanol–water partition coefficient (Wildman–Crippen LogP) is 5.27. The Bertz CT molecular complexity index is 877. The van der Waals surface area contributed by atoms with Gasteiger partial charge in [-0.2, -0.15) is 18.4 Å². The second-order valence-corrected chi connectivity index (χ2v) is 6.88. The largest absolute Gasteiger partial charge is 0.417 e. The van der Waals surface area contributed by atoms with Crippen LogP contribution in [0.1, 0.15) is 37.0 Å². The van der Waals surface area contributed by atoms with E-state index in [0.29, 0.717) is 12.1 Å². The molecule has 0 amide bonds. The molecule has 1 N–H and O–H groups in total. The Labute approximate surface area is 150 Å². The number of hydrogen-bond acceptors (Lipinski definition) is 3. The lowest BCUT2D eigenvalue weighted by Gasteiger charge is -2.32. The topological polar surface area (TPSA) is 48.7 Å². The number of hydrogen-bond donors (Lipinski definition) is 1. The second kappa shape index (κ2) is 6.49. The Morgan fingerprint density at radius 2 is 2.04 bits per heavy atom. The summed E-state index contributed by atoms with van der Waals surface area (Å²) in [6.45, 7) is 4.12. The first-order chi connectivity index (χ1) is 12.2. The predicted molar refractivity (Wildman–Crippen MR) is 94.2 cm³/mol. The molecule has 1 aromatic carbocycles. The normalized spacial score (nSPS) is 18.9. The number of alkyl halides is 3. The summed E-state index contributed by atoms with van der Waals surface area (Å²) >= 11 is 0. The van der Waals surface area contributed by atoms with Crippen LogP contribution in [-0.2, 0) is 6.18 Å². The zero-order valence-corrected chi connectivity index (χ0v) is 14.4. The van der Waals surface area contributed by atoms with Gasteiger partial charge in [-0.25, -0.2) is 0 Å². The third-order valence-corrected chi connectivity index (χ3v) is 4.88. The van der Waals surface area contributed by atoms with Crippen LogP contribution in [0, 0.1) is 16.7 Å². The highest BCUT2D eigenvalue weighted by Crippen LogP contribution is 2.45. The van der Waals surface area contributed by atoms with Crippen LogP contribution in [0.25, 0.3) is 5.57 Å². The Hall–Kier alpha value is -2.81. The number of rotatable bonds is 3. The highest BCUT2D eigenvalue weighted by Gasteiger charge is 2.39. The van der Waals surface area contributed by atoms with Gasteiger partial charge in [0.1, 0.15) is 0 Å². The third-order valence-electron chi connectivity index (χ3n) is 4.88. The van der Waals surface area contributed by atoms with Crippen molar-refractivity contribution in [2.24, 2.45) is 5.41 Å². The number of nitrogens with zero attached hydrogens (tertiary/aromatic N) is 2. The zero-order chi connectivity index (χ0) is 18.9. The van der Waals surface area contributed by atoms with Gasteiger partial charge in [0, 0.05) is 29.5 Å². The molecule has 1 heterocycles. The number of aromatic nitrogens is 1. The quantitative estimate of drug-likeness (QED) is 0.814. The molecule has 3 rings (SSSR count). The van der Waals surface area contributed by atoms with Crippen molar-refractivity contribution in [1.82, 2.24) is 4.98 Å². The van der Waals surface area contributed by atoms with Crippen molar-refractivity contribution in [3.05, 3.63) is 65.5 Å². The highest BCUT2D eigenvalue weighted by molar-refractivity contribution is 5.73. The van der Waals surface area contributed by atoms with E-state index in [1.807, 2.05) is 12.1 Å².